The maximum atomic E-state index is 5.42. The number of allylic oxidation sites excluding steroid dienone is 1. The van der Waals surface area contributed by atoms with Crippen molar-refractivity contribution in [3.8, 4) is 16.9 Å². The topological polar surface area (TPSA) is 21.1 Å². The highest BCUT2D eigenvalue weighted by Gasteiger charge is 2.43. The molecule has 2 aliphatic heterocycles. The normalized spacial score (nSPS) is 15.9. The molecule has 0 bridgehead atoms. The highest BCUT2D eigenvalue weighted by molar-refractivity contribution is 7.26. The number of hydrogen-bond donors (Lipinski definition) is 0. The summed E-state index contributed by atoms with van der Waals surface area (Å²) in [5, 5.41) is 5.12. The van der Waals surface area contributed by atoms with Crippen molar-refractivity contribution in [3.63, 3.8) is 0 Å². The molecule has 0 saturated heterocycles. The van der Waals surface area contributed by atoms with Gasteiger partial charge in [-0.1, -0.05) is 113 Å². The van der Waals surface area contributed by atoms with Gasteiger partial charge >= 0.3 is 0 Å². The van der Waals surface area contributed by atoms with Crippen LogP contribution in [0.4, 0.5) is 11.4 Å². The van der Waals surface area contributed by atoms with E-state index in [1.807, 2.05) is 11.3 Å². The van der Waals surface area contributed by atoms with Gasteiger partial charge in [-0.05, 0) is 35.9 Å². The number of rotatable bonds is 2. The van der Waals surface area contributed by atoms with E-state index in [4.69, 9.17) is 4.98 Å². The van der Waals surface area contributed by atoms with Crippen molar-refractivity contribution >= 4 is 64.7 Å². The molecule has 2 aliphatic rings. The quantitative estimate of drug-likeness (QED) is 0.191. The zero-order valence-corrected chi connectivity index (χ0v) is 27.7. The SMILES string of the molecule is CC1(C)C=CN2c3ccccc3C(C)(C)c3cnc(-c4cccc5c4c4ccccc4n5-c4cccc5c4sc4ccccc45)c1c32. The lowest BCUT2D eigenvalue weighted by Crippen LogP contribution is -2.36. The monoisotopic (exact) mass is 623 g/mol. The van der Waals surface area contributed by atoms with Crippen LogP contribution in [0.15, 0.2) is 128 Å². The fourth-order valence-corrected chi connectivity index (χ4v) is 9.59. The number of nitrogens with zero attached hydrogens (tertiary/aromatic N) is 3. The van der Waals surface area contributed by atoms with Gasteiger partial charge in [0.05, 0.1) is 32.8 Å². The Morgan fingerprint density at radius 3 is 2.23 bits per heavy atom. The largest absolute Gasteiger partial charge is 0.316 e. The summed E-state index contributed by atoms with van der Waals surface area (Å²) in [6, 6.07) is 40.0. The van der Waals surface area contributed by atoms with Gasteiger partial charge in [0.25, 0.3) is 0 Å². The molecular weight excluding hydrogens is 591 g/mol. The minimum absolute atomic E-state index is 0.172. The van der Waals surface area contributed by atoms with E-state index in [1.165, 1.54) is 81.3 Å². The van der Waals surface area contributed by atoms with Crippen molar-refractivity contribution in [1.82, 2.24) is 9.55 Å². The number of anilines is 2. The minimum Gasteiger partial charge on any atom is -0.316 e. The molecule has 0 radical (unpaired) electrons. The Kier molecular flexibility index (Phi) is 5.28. The molecule has 226 valence electrons. The second-order valence-corrected chi connectivity index (χ2v) is 15.2. The van der Waals surface area contributed by atoms with Crippen LogP contribution in [0.25, 0.3) is 58.9 Å². The van der Waals surface area contributed by atoms with Gasteiger partial charge in [0.1, 0.15) is 0 Å². The van der Waals surface area contributed by atoms with Gasteiger partial charge in [0, 0.05) is 71.8 Å². The van der Waals surface area contributed by atoms with Crippen LogP contribution in [0, 0.1) is 0 Å². The first-order chi connectivity index (χ1) is 22.8. The Balaban J connectivity index is 1.30. The molecule has 3 aromatic heterocycles. The maximum Gasteiger partial charge on any atom is 0.0770 e. The Morgan fingerprint density at radius 2 is 1.34 bits per heavy atom. The number of hydrogen-bond acceptors (Lipinski definition) is 3. The highest BCUT2D eigenvalue weighted by Crippen LogP contribution is 2.56. The Hall–Kier alpha value is -5.19. The van der Waals surface area contributed by atoms with Crippen molar-refractivity contribution in [2.45, 2.75) is 38.5 Å². The van der Waals surface area contributed by atoms with E-state index in [-0.39, 0.29) is 10.8 Å². The second kappa shape index (κ2) is 9.21. The third-order valence-corrected chi connectivity index (χ3v) is 11.9. The number of thiophene rings is 1. The molecule has 0 atom stereocenters. The zero-order chi connectivity index (χ0) is 31.7. The minimum atomic E-state index is -0.213. The molecule has 4 heteroatoms. The van der Waals surface area contributed by atoms with Gasteiger partial charge in [-0.25, -0.2) is 0 Å². The zero-order valence-electron chi connectivity index (χ0n) is 26.9. The van der Waals surface area contributed by atoms with Crippen LogP contribution in [-0.4, -0.2) is 9.55 Å². The highest BCUT2D eigenvalue weighted by atomic mass is 32.1. The van der Waals surface area contributed by atoms with Gasteiger partial charge in [-0.3, -0.25) is 4.98 Å². The van der Waals surface area contributed by atoms with Gasteiger partial charge < -0.3 is 9.47 Å². The average molecular weight is 624 g/mol. The first-order valence-corrected chi connectivity index (χ1v) is 17.2. The summed E-state index contributed by atoms with van der Waals surface area (Å²) in [5.41, 5.74) is 11.9. The first-order valence-electron chi connectivity index (χ1n) is 16.4. The van der Waals surface area contributed by atoms with Crippen molar-refractivity contribution in [1.29, 1.82) is 0 Å². The number of fused-ring (bicyclic) bond motifs is 8. The summed E-state index contributed by atoms with van der Waals surface area (Å²) >= 11 is 1.88. The van der Waals surface area contributed by atoms with E-state index in [1.54, 1.807) is 0 Å². The van der Waals surface area contributed by atoms with Crippen molar-refractivity contribution in [3.05, 3.63) is 144 Å². The van der Waals surface area contributed by atoms with Crippen LogP contribution in [-0.2, 0) is 10.8 Å². The third-order valence-electron chi connectivity index (χ3n) is 10.7. The standard InChI is InChI=1S/C43H33N3S/c1-42(2)23-24-45-33-19-9-7-17-30(33)43(3,4)31-25-44-39(38(42)40(31)45)29-16-12-20-34-37(29)28-14-5-8-18-32(28)46(34)35-21-11-15-27-26-13-6-10-22-36(26)47-41(27)35/h5-25H,1-4H3. The Morgan fingerprint density at radius 1 is 0.638 bits per heavy atom. The number of para-hydroxylation sites is 2. The van der Waals surface area contributed by atoms with E-state index in [2.05, 4.69) is 165 Å². The Labute approximate surface area is 278 Å². The summed E-state index contributed by atoms with van der Waals surface area (Å²) in [5.74, 6) is 0. The molecule has 0 fully saturated rings. The molecule has 0 unspecified atom stereocenters. The lowest BCUT2D eigenvalue weighted by molar-refractivity contribution is 0.604. The van der Waals surface area contributed by atoms with Crippen LogP contribution in [0.3, 0.4) is 0 Å². The first kappa shape index (κ1) is 27.0. The Bertz CT molecular complexity index is 2650. The fourth-order valence-electron chi connectivity index (χ4n) is 8.39. The van der Waals surface area contributed by atoms with Crippen molar-refractivity contribution in [2.75, 3.05) is 4.90 Å². The van der Waals surface area contributed by atoms with E-state index >= 15 is 0 Å². The third kappa shape index (κ3) is 3.48. The van der Waals surface area contributed by atoms with Crippen molar-refractivity contribution in [2.24, 2.45) is 0 Å². The summed E-state index contributed by atoms with van der Waals surface area (Å²) in [7, 11) is 0. The van der Waals surface area contributed by atoms with Crippen LogP contribution in [0.2, 0.25) is 0 Å². The van der Waals surface area contributed by atoms with Crippen LogP contribution in [0.1, 0.15) is 44.4 Å². The van der Waals surface area contributed by atoms with Gasteiger partial charge in [0.2, 0.25) is 0 Å². The van der Waals surface area contributed by atoms with Crippen molar-refractivity contribution < 1.29 is 0 Å². The predicted octanol–water partition coefficient (Wildman–Crippen LogP) is 11.8. The molecule has 3 nitrogen and oxygen atoms in total. The molecule has 5 heterocycles. The van der Waals surface area contributed by atoms with Gasteiger partial charge in [-0.2, -0.15) is 0 Å². The summed E-state index contributed by atoms with van der Waals surface area (Å²) < 4.78 is 5.11. The van der Waals surface area contributed by atoms with E-state index in [9.17, 15) is 0 Å². The smallest absolute Gasteiger partial charge is 0.0770 e. The van der Waals surface area contributed by atoms with Gasteiger partial charge in [0.15, 0.2) is 0 Å². The molecule has 5 aromatic carbocycles. The summed E-state index contributed by atoms with van der Waals surface area (Å²) in [4.78, 5) is 7.83. The van der Waals surface area contributed by atoms with Gasteiger partial charge in [-0.15, -0.1) is 11.3 Å². The maximum absolute atomic E-state index is 5.42. The second-order valence-electron chi connectivity index (χ2n) is 14.1. The molecule has 0 N–H and O–H groups in total. The molecule has 0 amide bonds. The molecule has 0 saturated carbocycles. The van der Waals surface area contributed by atoms with Crippen LogP contribution < -0.4 is 4.90 Å². The van der Waals surface area contributed by atoms with E-state index in [0.29, 0.717) is 0 Å². The average Bonchev–Trinajstić information content (AvgIpc) is 3.64. The molecule has 10 rings (SSSR count). The number of pyridine rings is 1. The lowest BCUT2D eigenvalue weighted by atomic mass is 9.69. The molecule has 0 aliphatic carbocycles. The van der Waals surface area contributed by atoms with E-state index in [0.717, 1.165) is 5.69 Å². The summed E-state index contributed by atoms with van der Waals surface area (Å²) in [6.45, 7) is 9.35. The number of benzene rings is 5. The lowest BCUT2D eigenvalue weighted by Gasteiger charge is -2.46. The summed E-state index contributed by atoms with van der Waals surface area (Å²) in [6.07, 6.45) is 6.79. The number of aromatic nitrogens is 2. The molecule has 8 aromatic rings. The fraction of sp³-hybridized carbons (Fsp3) is 0.140. The molecule has 47 heavy (non-hydrogen) atoms. The molecule has 0 spiro atoms. The van der Waals surface area contributed by atoms with E-state index < -0.39 is 0 Å². The molecular formula is C43H33N3S. The predicted molar refractivity (Wildman–Crippen MR) is 200 cm³/mol. The van der Waals surface area contributed by atoms with Crippen LogP contribution in [0.5, 0.6) is 0 Å². The van der Waals surface area contributed by atoms with Crippen LogP contribution >= 0.6 is 11.3 Å².